The lowest BCUT2D eigenvalue weighted by molar-refractivity contribution is -0.145. The van der Waals surface area contributed by atoms with Gasteiger partial charge in [0, 0.05) is 5.56 Å². The third-order valence-electron chi connectivity index (χ3n) is 3.88. The van der Waals surface area contributed by atoms with Crippen molar-refractivity contribution >= 4 is 17.7 Å². The van der Waals surface area contributed by atoms with Gasteiger partial charge in [0.1, 0.15) is 18.0 Å². The summed E-state index contributed by atoms with van der Waals surface area (Å²) in [6.07, 6.45) is -0.978. The molecule has 0 spiro atoms. The van der Waals surface area contributed by atoms with Gasteiger partial charge in [-0.3, -0.25) is 14.4 Å². The minimum Gasteiger partial charge on any atom is -0.497 e. The second-order valence-electron chi connectivity index (χ2n) is 5.84. The number of esters is 1. The van der Waals surface area contributed by atoms with Gasteiger partial charge in [0.05, 0.1) is 19.3 Å². The van der Waals surface area contributed by atoms with E-state index >= 15 is 0 Å². The van der Waals surface area contributed by atoms with Gasteiger partial charge in [-0.05, 0) is 50.2 Å². The third-order valence-corrected chi connectivity index (χ3v) is 3.88. The number of para-hydroxylation sites is 1. The molecule has 0 aliphatic carbocycles. The summed E-state index contributed by atoms with van der Waals surface area (Å²) in [4.78, 5) is 36.6. The van der Waals surface area contributed by atoms with Crippen LogP contribution in [0.4, 0.5) is 0 Å². The molecule has 28 heavy (non-hydrogen) atoms. The molecule has 0 saturated heterocycles. The summed E-state index contributed by atoms with van der Waals surface area (Å²) < 4.78 is 15.6. The van der Waals surface area contributed by atoms with Crippen LogP contribution >= 0.6 is 0 Å². The van der Waals surface area contributed by atoms with Crippen LogP contribution in [0, 0.1) is 0 Å². The molecule has 0 fully saturated rings. The van der Waals surface area contributed by atoms with Gasteiger partial charge in [0.2, 0.25) is 5.78 Å². The van der Waals surface area contributed by atoms with Crippen LogP contribution in [0.3, 0.4) is 0 Å². The highest BCUT2D eigenvalue weighted by Gasteiger charge is 2.20. The number of benzene rings is 2. The molecule has 0 unspecified atom stereocenters. The Kier molecular flexibility index (Phi) is 7.56. The predicted octanol–water partition coefficient (Wildman–Crippen LogP) is 2.64. The largest absolute Gasteiger partial charge is 0.497 e. The molecule has 1 atom stereocenters. The normalized spacial score (nSPS) is 11.2. The highest BCUT2D eigenvalue weighted by molar-refractivity contribution is 6.01. The Hall–Kier alpha value is -3.35. The van der Waals surface area contributed by atoms with Crippen LogP contribution in [0.2, 0.25) is 0 Å². The van der Waals surface area contributed by atoms with Crippen LogP contribution in [0.15, 0.2) is 48.5 Å². The third kappa shape index (κ3) is 5.57. The zero-order valence-electron chi connectivity index (χ0n) is 16.1. The number of ketones is 1. The summed E-state index contributed by atoms with van der Waals surface area (Å²) in [7, 11) is 1.53. The van der Waals surface area contributed by atoms with Gasteiger partial charge in [-0.2, -0.15) is 0 Å². The first-order valence-corrected chi connectivity index (χ1v) is 8.84. The maximum absolute atomic E-state index is 12.3. The van der Waals surface area contributed by atoms with Crippen LogP contribution in [0.1, 0.15) is 34.6 Å². The zero-order chi connectivity index (χ0) is 20.5. The molecule has 0 heterocycles. The van der Waals surface area contributed by atoms with Crippen LogP contribution in [-0.4, -0.2) is 44.0 Å². The minimum absolute atomic E-state index is 0.319. The maximum atomic E-state index is 12.3. The van der Waals surface area contributed by atoms with E-state index in [0.29, 0.717) is 29.2 Å². The fourth-order valence-corrected chi connectivity index (χ4v) is 2.47. The molecule has 0 radical (unpaired) electrons. The molecule has 7 nitrogen and oxygen atoms in total. The Balaban J connectivity index is 1.89. The van der Waals surface area contributed by atoms with Crippen molar-refractivity contribution in [3.8, 4) is 11.5 Å². The van der Waals surface area contributed by atoms with Gasteiger partial charge < -0.3 is 19.5 Å². The molecule has 0 aliphatic rings. The van der Waals surface area contributed by atoms with E-state index in [2.05, 4.69) is 5.32 Å². The fraction of sp³-hybridized carbons (Fsp3) is 0.286. The minimum atomic E-state index is -0.978. The van der Waals surface area contributed by atoms with Crippen molar-refractivity contribution in [3.63, 3.8) is 0 Å². The van der Waals surface area contributed by atoms with Gasteiger partial charge in [0.15, 0.2) is 6.10 Å². The van der Waals surface area contributed by atoms with Crippen molar-refractivity contribution in [3.05, 3.63) is 59.7 Å². The van der Waals surface area contributed by atoms with Crippen molar-refractivity contribution < 1.29 is 28.6 Å². The van der Waals surface area contributed by atoms with E-state index in [0.717, 1.165) is 0 Å². The number of nitrogens with one attached hydrogen (secondary N) is 1. The Morgan fingerprint density at radius 3 is 2.36 bits per heavy atom. The summed E-state index contributed by atoms with van der Waals surface area (Å²) in [6, 6.07) is 13.2. The zero-order valence-corrected chi connectivity index (χ0v) is 16.1. The Bertz CT molecular complexity index is 831. The number of carbonyl (C=O) groups excluding carboxylic acids is 3. The number of ether oxygens (including phenoxy) is 3. The van der Waals surface area contributed by atoms with Gasteiger partial charge >= 0.3 is 5.97 Å². The van der Waals surface area contributed by atoms with E-state index < -0.39 is 18.0 Å². The standard InChI is InChI=1S/C21H23NO6/c1-4-27-18-8-6-5-7-17(18)21(25)22-13-19(23)28-14(2)20(24)15-9-11-16(26-3)12-10-15/h5-12,14H,4,13H2,1-3H3,(H,22,25)/t14-/m1/s1. The molecule has 7 heteroatoms. The first kappa shape index (κ1) is 21.0. The van der Waals surface area contributed by atoms with Gasteiger partial charge in [0.25, 0.3) is 5.91 Å². The summed E-state index contributed by atoms with van der Waals surface area (Å²) in [5, 5.41) is 2.48. The average Bonchev–Trinajstić information content (AvgIpc) is 2.72. The number of Topliss-reactive ketones (excluding diaryl/α,β-unsaturated/α-hetero) is 1. The summed E-state index contributed by atoms with van der Waals surface area (Å²) >= 11 is 0. The average molecular weight is 385 g/mol. The van der Waals surface area contributed by atoms with Gasteiger partial charge in [-0.15, -0.1) is 0 Å². The summed E-state index contributed by atoms with van der Waals surface area (Å²) in [5.41, 5.74) is 0.718. The van der Waals surface area contributed by atoms with Crippen molar-refractivity contribution in [2.75, 3.05) is 20.3 Å². The predicted molar refractivity (Wildman–Crippen MR) is 103 cm³/mol. The van der Waals surface area contributed by atoms with Crippen molar-refractivity contribution in [1.82, 2.24) is 5.32 Å². The molecule has 2 aromatic rings. The summed E-state index contributed by atoms with van der Waals surface area (Å²) in [6.45, 7) is 3.35. The Morgan fingerprint density at radius 1 is 1.04 bits per heavy atom. The fourth-order valence-electron chi connectivity index (χ4n) is 2.47. The van der Waals surface area contributed by atoms with E-state index in [1.165, 1.54) is 14.0 Å². The maximum Gasteiger partial charge on any atom is 0.326 e. The van der Waals surface area contributed by atoms with Crippen LogP contribution in [-0.2, 0) is 9.53 Å². The van der Waals surface area contributed by atoms with E-state index in [1.54, 1.807) is 48.5 Å². The first-order valence-electron chi connectivity index (χ1n) is 8.84. The van der Waals surface area contributed by atoms with Crippen LogP contribution in [0.25, 0.3) is 0 Å². The van der Waals surface area contributed by atoms with E-state index in [-0.39, 0.29) is 12.3 Å². The van der Waals surface area contributed by atoms with Crippen LogP contribution < -0.4 is 14.8 Å². The number of methoxy groups -OCH3 is 1. The van der Waals surface area contributed by atoms with Gasteiger partial charge in [-0.1, -0.05) is 12.1 Å². The lowest BCUT2D eigenvalue weighted by Gasteiger charge is -2.14. The monoisotopic (exact) mass is 385 g/mol. The van der Waals surface area contributed by atoms with Crippen molar-refractivity contribution in [2.24, 2.45) is 0 Å². The van der Waals surface area contributed by atoms with Crippen molar-refractivity contribution in [2.45, 2.75) is 20.0 Å². The number of rotatable bonds is 9. The van der Waals surface area contributed by atoms with Crippen LogP contribution in [0.5, 0.6) is 11.5 Å². The second kappa shape index (κ2) is 10.1. The molecule has 1 N–H and O–H groups in total. The number of carbonyl (C=O) groups is 3. The number of amides is 1. The first-order chi connectivity index (χ1) is 13.5. The second-order valence-corrected chi connectivity index (χ2v) is 5.84. The van der Waals surface area contributed by atoms with E-state index in [9.17, 15) is 14.4 Å². The molecule has 2 aromatic carbocycles. The van der Waals surface area contributed by atoms with Gasteiger partial charge in [-0.25, -0.2) is 0 Å². The molecule has 2 rings (SSSR count). The highest BCUT2D eigenvalue weighted by Crippen LogP contribution is 2.17. The molecule has 148 valence electrons. The lowest BCUT2D eigenvalue weighted by Crippen LogP contribution is -2.34. The number of hydrogen-bond donors (Lipinski definition) is 1. The Labute approximate surface area is 163 Å². The molecule has 0 saturated carbocycles. The SMILES string of the molecule is CCOc1ccccc1C(=O)NCC(=O)O[C@H](C)C(=O)c1ccc(OC)cc1. The van der Waals surface area contributed by atoms with Crippen molar-refractivity contribution in [1.29, 1.82) is 0 Å². The molecular weight excluding hydrogens is 362 g/mol. The molecule has 1 amide bonds. The molecular formula is C21H23NO6. The molecule has 0 bridgehead atoms. The molecule has 0 aliphatic heterocycles. The van der Waals surface area contributed by atoms with E-state index in [4.69, 9.17) is 14.2 Å². The highest BCUT2D eigenvalue weighted by atomic mass is 16.5. The lowest BCUT2D eigenvalue weighted by atomic mass is 10.1. The van der Waals surface area contributed by atoms with E-state index in [1.807, 2.05) is 6.92 Å². The smallest absolute Gasteiger partial charge is 0.326 e. The summed E-state index contributed by atoms with van der Waals surface area (Å²) in [5.74, 6) is -0.467. The topological polar surface area (TPSA) is 90.9 Å². The quantitative estimate of drug-likeness (QED) is 0.527. The molecule has 0 aromatic heterocycles. The Morgan fingerprint density at radius 2 is 1.71 bits per heavy atom. The number of hydrogen-bond acceptors (Lipinski definition) is 6.